The highest BCUT2D eigenvalue weighted by Gasteiger charge is 2.31. The number of hydrogen-bond acceptors (Lipinski definition) is 5. The van der Waals surface area contributed by atoms with Crippen molar-refractivity contribution in [2.75, 3.05) is 37.6 Å². The van der Waals surface area contributed by atoms with Gasteiger partial charge in [-0.3, -0.25) is 24.2 Å². The third kappa shape index (κ3) is 6.89. The van der Waals surface area contributed by atoms with Crippen LogP contribution in [0.1, 0.15) is 30.5 Å². The first kappa shape index (κ1) is 29.1. The number of anilines is 1. The van der Waals surface area contributed by atoms with E-state index in [9.17, 15) is 14.4 Å². The number of piperazine rings is 1. The van der Waals surface area contributed by atoms with E-state index in [1.54, 1.807) is 0 Å². The van der Waals surface area contributed by atoms with Crippen LogP contribution >= 0.6 is 0 Å². The van der Waals surface area contributed by atoms with Crippen LogP contribution in [0.15, 0.2) is 85.1 Å². The molecule has 4 aromatic rings. The molecule has 0 spiro atoms. The molecule has 8 heteroatoms. The molecule has 1 unspecified atom stereocenters. The van der Waals surface area contributed by atoms with Crippen LogP contribution in [-0.2, 0) is 33.8 Å². The zero-order valence-electron chi connectivity index (χ0n) is 24.4. The van der Waals surface area contributed by atoms with Crippen LogP contribution < -0.4 is 10.2 Å². The number of imide groups is 1. The summed E-state index contributed by atoms with van der Waals surface area (Å²) in [6.45, 7) is 6.96. The molecular weight excluding hydrogens is 526 g/mol. The number of hydrogen-bond donors (Lipinski definition) is 2. The van der Waals surface area contributed by atoms with Crippen LogP contribution in [-0.4, -0.2) is 71.3 Å². The molecule has 0 radical (unpaired) electrons. The van der Waals surface area contributed by atoms with E-state index in [2.05, 4.69) is 39.2 Å². The van der Waals surface area contributed by atoms with Gasteiger partial charge in [0.25, 0.3) is 5.91 Å². The maximum absolute atomic E-state index is 14.0. The van der Waals surface area contributed by atoms with Crippen molar-refractivity contribution in [1.82, 2.24) is 20.1 Å². The van der Waals surface area contributed by atoms with Gasteiger partial charge in [0.2, 0.25) is 11.8 Å². The summed E-state index contributed by atoms with van der Waals surface area (Å²) in [6.07, 6.45) is 2.95. The van der Waals surface area contributed by atoms with Crippen molar-refractivity contribution in [2.24, 2.45) is 0 Å². The number of benzene rings is 3. The highest BCUT2D eigenvalue weighted by Crippen LogP contribution is 2.21. The smallest absolute Gasteiger partial charge is 0.252 e. The molecule has 1 saturated heterocycles. The van der Waals surface area contributed by atoms with E-state index in [1.807, 2.05) is 72.9 Å². The SMILES string of the molecule is CCc1ccccc1CN(C(C)=O)C(=O)C(Cc1c[nH]c2ccccc12)NC(=O)CN1CCN(c2ccccc2)CC1. The molecule has 8 nitrogen and oxygen atoms in total. The predicted molar refractivity (Wildman–Crippen MR) is 166 cm³/mol. The quantitative estimate of drug-likeness (QED) is 0.302. The molecule has 2 heterocycles. The third-order valence-electron chi connectivity index (χ3n) is 8.07. The molecule has 0 aliphatic carbocycles. The molecular formula is C34H39N5O3. The van der Waals surface area contributed by atoms with E-state index in [4.69, 9.17) is 0 Å². The lowest BCUT2D eigenvalue weighted by Gasteiger charge is -2.36. The maximum atomic E-state index is 14.0. The Hall–Kier alpha value is -4.43. The normalized spacial score (nSPS) is 14.5. The first-order chi connectivity index (χ1) is 20.4. The highest BCUT2D eigenvalue weighted by molar-refractivity contribution is 5.99. The molecule has 1 fully saturated rings. The minimum absolute atomic E-state index is 0.167. The van der Waals surface area contributed by atoms with Gasteiger partial charge < -0.3 is 15.2 Å². The molecule has 1 aliphatic heterocycles. The number of aryl methyl sites for hydroxylation is 1. The second kappa shape index (κ2) is 13.5. The van der Waals surface area contributed by atoms with Crippen LogP contribution in [0.2, 0.25) is 0 Å². The summed E-state index contributed by atoms with van der Waals surface area (Å²) >= 11 is 0. The number of carbonyl (C=O) groups excluding carboxylic acids is 3. The minimum Gasteiger partial charge on any atom is -0.369 e. The minimum atomic E-state index is -0.889. The largest absolute Gasteiger partial charge is 0.369 e. The molecule has 1 aromatic heterocycles. The van der Waals surface area contributed by atoms with E-state index in [-0.39, 0.29) is 31.3 Å². The standard InChI is InChI=1S/C34H39N5O3/c1-3-26-11-7-8-12-27(26)23-39(25(2)40)34(42)32(21-28-22-35-31-16-10-9-15-30(28)31)36-33(41)24-37-17-19-38(20-18-37)29-13-5-4-6-14-29/h4-16,22,32,35H,3,17-21,23-24H2,1-2H3,(H,36,41). The molecule has 42 heavy (non-hydrogen) atoms. The Bertz CT molecular complexity index is 1520. The fourth-order valence-corrected chi connectivity index (χ4v) is 5.73. The van der Waals surface area contributed by atoms with Crippen LogP contribution in [0.5, 0.6) is 0 Å². The molecule has 1 atom stereocenters. The van der Waals surface area contributed by atoms with Gasteiger partial charge in [0.1, 0.15) is 6.04 Å². The number of aromatic amines is 1. The van der Waals surface area contributed by atoms with Crippen molar-refractivity contribution in [3.8, 4) is 0 Å². The summed E-state index contributed by atoms with van der Waals surface area (Å²) < 4.78 is 0. The van der Waals surface area contributed by atoms with Crippen molar-refractivity contribution in [3.05, 3.63) is 102 Å². The van der Waals surface area contributed by atoms with Crippen molar-refractivity contribution >= 4 is 34.3 Å². The summed E-state index contributed by atoms with van der Waals surface area (Å²) in [7, 11) is 0. The van der Waals surface area contributed by atoms with Gasteiger partial charge in [-0.2, -0.15) is 0 Å². The van der Waals surface area contributed by atoms with Crippen LogP contribution in [0.3, 0.4) is 0 Å². The van der Waals surface area contributed by atoms with E-state index in [1.165, 1.54) is 17.5 Å². The summed E-state index contributed by atoms with van der Waals surface area (Å²) in [5.41, 5.74) is 5.07. The highest BCUT2D eigenvalue weighted by atomic mass is 16.2. The summed E-state index contributed by atoms with van der Waals surface area (Å²) in [4.78, 5) is 49.2. The Morgan fingerprint density at radius 3 is 2.24 bits per heavy atom. The molecule has 218 valence electrons. The Kier molecular flexibility index (Phi) is 9.34. The number of carbonyl (C=O) groups is 3. The number of rotatable bonds is 10. The average molecular weight is 566 g/mol. The van der Waals surface area contributed by atoms with Crippen LogP contribution in [0.4, 0.5) is 5.69 Å². The lowest BCUT2D eigenvalue weighted by molar-refractivity contribution is -0.147. The molecule has 1 aliphatic rings. The average Bonchev–Trinajstić information content (AvgIpc) is 3.42. The topological polar surface area (TPSA) is 88.8 Å². The van der Waals surface area contributed by atoms with Crippen molar-refractivity contribution in [3.63, 3.8) is 0 Å². The van der Waals surface area contributed by atoms with Gasteiger partial charge >= 0.3 is 0 Å². The van der Waals surface area contributed by atoms with Crippen molar-refractivity contribution in [2.45, 2.75) is 39.3 Å². The Labute approximate surface area is 247 Å². The van der Waals surface area contributed by atoms with Gasteiger partial charge in [0.15, 0.2) is 0 Å². The molecule has 0 bridgehead atoms. The van der Waals surface area contributed by atoms with Crippen molar-refractivity contribution < 1.29 is 14.4 Å². The number of H-pyrrole nitrogens is 1. The number of amides is 3. The Balaban J connectivity index is 1.32. The molecule has 3 aromatic carbocycles. The van der Waals surface area contributed by atoms with Gasteiger partial charge in [-0.25, -0.2) is 0 Å². The number of nitrogens with one attached hydrogen (secondary N) is 2. The zero-order valence-corrected chi connectivity index (χ0v) is 24.4. The summed E-state index contributed by atoms with van der Waals surface area (Å²) in [5.74, 6) is -0.971. The molecule has 0 saturated carbocycles. The van der Waals surface area contributed by atoms with Gasteiger partial charge in [-0.15, -0.1) is 0 Å². The monoisotopic (exact) mass is 565 g/mol. The number of para-hydroxylation sites is 2. The van der Waals surface area contributed by atoms with Crippen molar-refractivity contribution in [1.29, 1.82) is 0 Å². The Morgan fingerprint density at radius 2 is 1.52 bits per heavy atom. The number of nitrogens with zero attached hydrogens (tertiary/aromatic N) is 3. The van der Waals surface area contributed by atoms with Gasteiger partial charge in [-0.1, -0.05) is 67.6 Å². The summed E-state index contributed by atoms with van der Waals surface area (Å²) in [6, 6.07) is 25.1. The fraction of sp³-hybridized carbons (Fsp3) is 0.324. The predicted octanol–water partition coefficient (Wildman–Crippen LogP) is 4.16. The van der Waals surface area contributed by atoms with Crippen LogP contribution in [0, 0.1) is 0 Å². The fourth-order valence-electron chi connectivity index (χ4n) is 5.73. The lowest BCUT2D eigenvalue weighted by atomic mass is 10.0. The zero-order chi connectivity index (χ0) is 29.5. The first-order valence-electron chi connectivity index (χ1n) is 14.7. The maximum Gasteiger partial charge on any atom is 0.252 e. The molecule has 5 rings (SSSR count). The van der Waals surface area contributed by atoms with Gasteiger partial charge in [0, 0.05) is 62.3 Å². The van der Waals surface area contributed by atoms with Gasteiger partial charge in [-0.05, 0) is 41.3 Å². The summed E-state index contributed by atoms with van der Waals surface area (Å²) in [5, 5.41) is 4.00. The second-order valence-corrected chi connectivity index (χ2v) is 10.8. The van der Waals surface area contributed by atoms with E-state index < -0.39 is 11.9 Å². The first-order valence-corrected chi connectivity index (χ1v) is 14.7. The Morgan fingerprint density at radius 1 is 0.857 bits per heavy atom. The van der Waals surface area contributed by atoms with E-state index in [0.29, 0.717) is 0 Å². The van der Waals surface area contributed by atoms with E-state index in [0.717, 1.165) is 60.2 Å². The van der Waals surface area contributed by atoms with E-state index >= 15 is 0 Å². The second-order valence-electron chi connectivity index (χ2n) is 10.8. The third-order valence-corrected chi connectivity index (χ3v) is 8.07. The van der Waals surface area contributed by atoms with Gasteiger partial charge in [0.05, 0.1) is 13.1 Å². The van der Waals surface area contributed by atoms with Crippen LogP contribution in [0.25, 0.3) is 10.9 Å². The molecule has 2 N–H and O–H groups in total. The lowest BCUT2D eigenvalue weighted by Crippen LogP contribution is -2.54. The molecule has 3 amide bonds. The number of aromatic nitrogens is 1. The number of fused-ring (bicyclic) bond motifs is 1.